The molecular formula is C21H30FN3O. The van der Waals surface area contributed by atoms with E-state index in [1.807, 2.05) is 12.1 Å². The normalized spacial score (nSPS) is 34.3. The summed E-state index contributed by atoms with van der Waals surface area (Å²) in [5.41, 5.74) is 7.92. The summed E-state index contributed by atoms with van der Waals surface area (Å²) in [5, 5.41) is 0. The Morgan fingerprint density at radius 2 is 1.65 bits per heavy atom. The number of nitrogens with one attached hydrogen (secondary N) is 2. The first kappa shape index (κ1) is 17.9. The van der Waals surface area contributed by atoms with Gasteiger partial charge in [-0.05, 0) is 61.1 Å². The van der Waals surface area contributed by atoms with Crippen molar-refractivity contribution < 1.29 is 9.18 Å². The number of fused-ring (bicyclic) bond motifs is 2. The SMILES string of the molecule is CC(C)(C)C1CC(C(=O)N2C3CCC2CC(c2ccc(F)cc2)C3)NN1. The summed E-state index contributed by atoms with van der Waals surface area (Å²) in [4.78, 5) is 15.4. The monoisotopic (exact) mass is 359 g/mol. The van der Waals surface area contributed by atoms with E-state index >= 15 is 0 Å². The van der Waals surface area contributed by atoms with Crippen LogP contribution in [0.3, 0.4) is 0 Å². The fourth-order valence-corrected chi connectivity index (χ4v) is 5.01. The molecule has 0 radical (unpaired) electrons. The molecule has 0 spiro atoms. The van der Waals surface area contributed by atoms with E-state index in [1.165, 1.54) is 5.56 Å². The van der Waals surface area contributed by atoms with Crippen molar-refractivity contribution in [3.05, 3.63) is 35.6 Å². The van der Waals surface area contributed by atoms with Crippen LogP contribution in [0.4, 0.5) is 4.39 Å². The van der Waals surface area contributed by atoms with E-state index in [9.17, 15) is 9.18 Å². The topological polar surface area (TPSA) is 44.4 Å². The van der Waals surface area contributed by atoms with Crippen molar-refractivity contribution in [3.63, 3.8) is 0 Å². The van der Waals surface area contributed by atoms with E-state index in [1.54, 1.807) is 12.1 Å². The van der Waals surface area contributed by atoms with E-state index in [-0.39, 0.29) is 23.2 Å². The van der Waals surface area contributed by atoms with Gasteiger partial charge >= 0.3 is 0 Å². The Labute approximate surface area is 155 Å². The number of rotatable bonds is 2. The average Bonchev–Trinajstić information content (AvgIpc) is 3.18. The number of hydrogen-bond acceptors (Lipinski definition) is 3. The van der Waals surface area contributed by atoms with E-state index in [4.69, 9.17) is 0 Å². The Bertz CT molecular complexity index is 655. The molecule has 4 unspecified atom stereocenters. The second kappa shape index (κ2) is 6.61. The molecule has 0 aromatic heterocycles. The minimum Gasteiger partial charge on any atom is -0.335 e. The summed E-state index contributed by atoms with van der Waals surface area (Å²) < 4.78 is 13.2. The van der Waals surface area contributed by atoms with E-state index in [2.05, 4.69) is 36.5 Å². The molecule has 0 aliphatic carbocycles. The van der Waals surface area contributed by atoms with Crippen molar-refractivity contribution in [1.82, 2.24) is 15.8 Å². The molecule has 3 saturated heterocycles. The first-order valence-electron chi connectivity index (χ1n) is 9.91. The second-order valence-corrected chi connectivity index (χ2v) is 9.35. The minimum atomic E-state index is -0.183. The number of hydrogen-bond donors (Lipinski definition) is 2. The van der Waals surface area contributed by atoms with Crippen LogP contribution in [-0.4, -0.2) is 35.0 Å². The summed E-state index contributed by atoms with van der Waals surface area (Å²) >= 11 is 0. The van der Waals surface area contributed by atoms with Crippen LogP contribution < -0.4 is 10.9 Å². The fraction of sp³-hybridized carbons (Fsp3) is 0.667. The van der Waals surface area contributed by atoms with Crippen LogP contribution >= 0.6 is 0 Å². The highest BCUT2D eigenvalue weighted by Crippen LogP contribution is 2.43. The number of carbonyl (C=O) groups is 1. The zero-order chi connectivity index (χ0) is 18.5. The van der Waals surface area contributed by atoms with E-state index < -0.39 is 0 Å². The highest BCUT2D eigenvalue weighted by molar-refractivity contribution is 5.83. The highest BCUT2D eigenvalue weighted by Gasteiger charge is 2.47. The standard InChI is InChI=1S/C21H30FN3O/c1-21(2,3)19-12-18(23-24-19)20(26)25-16-8-9-17(25)11-14(10-16)13-4-6-15(22)7-5-13/h4-7,14,16-19,23-24H,8-12H2,1-3H3. The van der Waals surface area contributed by atoms with Crippen molar-refractivity contribution in [2.75, 3.05) is 0 Å². The number of benzene rings is 1. The molecule has 1 amide bonds. The summed E-state index contributed by atoms with van der Waals surface area (Å²) in [6.45, 7) is 6.62. The minimum absolute atomic E-state index is 0.121. The van der Waals surface area contributed by atoms with Gasteiger partial charge in [0.15, 0.2) is 0 Å². The van der Waals surface area contributed by atoms with Crippen LogP contribution in [0.1, 0.15) is 64.4 Å². The van der Waals surface area contributed by atoms with Crippen molar-refractivity contribution in [2.45, 2.75) is 83.0 Å². The van der Waals surface area contributed by atoms with Gasteiger partial charge in [0, 0.05) is 18.1 Å². The third-order valence-electron chi connectivity index (χ3n) is 6.58. The third kappa shape index (κ3) is 3.27. The predicted octanol–water partition coefficient (Wildman–Crippen LogP) is 3.34. The van der Waals surface area contributed by atoms with Gasteiger partial charge < -0.3 is 4.90 Å². The van der Waals surface area contributed by atoms with Gasteiger partial charge in [0.2, 0.25) is 5.91 Å². The van der Waals surface area contributed by atoms with Gasteiger partial charge in [0.25, 0.3) is 0 Å². The Morgan fingerprint density at radius 1 is 1.04 bits per heavy atom. The maximum Gasteiger partial charge on any atom is 0.241 e. The molecule has 2 bridgehead atoms. The zero-order valence-corrected chi connectivity index (χ0v) is 16.0. The molecule has 0 saturated carbocycles. The van der Waals surface area contributed by atoms with Crippen LogP contribution in [-0.2, 0) is 4.79 Å². The smallest absolute Gasteiger partial charge is 0.241 e. The quantitative estimate of drug-likeness (QED) is 0.851. The highest BCUT2D eigenvalue weighted by atomic mass is 19.1. The Hall–Kier alpha value is -1.46. The summed E-state index contributed by atoms with van der Waals surface area (Å²) in [6.07, 6.45) is 5.03. The predicted molar refractivity (Wildman–Crippen MR) is 100.0 cm³/mol. The summed E-state index contributed by atoms with van der Waals surface area (Å²) in [7, 11) is 0. The molecule has 3 heterocycles. The summed E-state index contributed by atoms with van der Waals surface area (Å²) in [6, 6.07) is 7.76. The van der Waals surface area contributed by atoms with Gasteiger partial charge in [-0.25, -0.2) is 9.82 Å². The van der Waals surface area contributed by atoms with Crippen molar-refractivity contribution in [1.29, 1.82) is 0 Å². The molecule has 142 valence electrons. The Morgan fingerprint density at radius 3 is 2.19 bits per heavy atom. The van der Waals surface area contributed by atoms with Crippen molar-refractivity contribution >= 4 is 5.91 Å². The molecule has 5 heteroatoms. The van der Waals surface area contributed by atoms with Crippen molar-refractivity contribution in [3.8, 4) is 0 Å². The van der Waals surface area contributed by atoms with Crippen LogP contribution in [0.5, 0.6) is 0 Å². The van der Waals surface area contributed by atoms with Gasteiger partial charge in [-0.2, -0.15) is 0 Å². The number of amides is 1. The number of nitrogens with zero attached hydrogens (tertiary/aromatic N) is 1. The molecule has 1 aromatic carbocycles. The van der Waals surface area contributed by atoms with Gasteiger partial charge in [0.1, 0.15) is 11.9 Å². The number of hydrazine groups is 1. The lowest BCUT2D eigenvalue weighted by molar-refractivity contribution is -0.137. The second-order valence-electron chi connectivity index (χ2n) is 9.35. The lowest BCUT2D eigenvalue weighted by atomic mass is 9.83. The van der Waals surface area contributed by atoms with Crippen LogP contribution in [0.25, 0.3) is 0 Å². The summed E-state index contributed by atoms with van der Waals surface area (Å²) in [5.74, 6) is 0.515. The third-order valence-corrected chi connectivity index (χ3v) is 6.58. The number of halogens is 1. The molecule has 1 aromatic rings. The van der Waals surface area contributed by atoms with Crippen LogP contribution in [0.15, 0.2) is 24.3 Å². The first-order valence-corrected chi connectivity index (χ1v) is 9.91. The van der Waals surface area contributed by atoms with Crippen LogP contribution in [0.2, 0.25) is 0 Å². The van der Waals surface area contributed by atoms with Gasteiger partial charge in [0.05, 0.1) is 0 Å². The maximum absolute atomic E-state index is 13.2. The lowest BCUT2D eigenvalue weighted by Gasteiger charge is -2.40. The fourth-order valence-electron chi connectivity index (χ4n) is 5.01. The number of carbonyl (C=O) groups excluding carboxylic acids is 1. The zero-order valence-electron chi connectivity index (χ0n) is 16.0. The first-order chi connectivity index (χ1) is 12.3. The van der Waals surface area contributed by atoms with Gasteiger partial charge in [-0.15, -0.1) is 0 Å². The molecule has 26 heavy (non-hydrogen) atoms. The molecule has 3 aliphatic heterocycles. The molecule has 3 aliphatic rings. The average molecular weight is 359 g/mol. The molecule has 4 atom stereocenters. The number of piperidine rings is 1. The van der Waals surface area contributed by atoms with E-state index in [0.29, 0.717) is 24.0 Å². The Kier molecular flexibility index (Phi) is 4.56. The molecule has 3 fully saturated rings. The molecule has 4 nitrogen and oxygen atoms in total. The molecule has 2 N–H and O–H groups in total. The Balaban J connectivity index is 1.44. The molecular weight excluding hydrogens is 329 g/mol. The van der Waals surface area contributed by atoms with E-state index in [0.717, 1.165) is 32.1 Å². The maximum atomic E-state index is 13.2. The lowest BCUT2D eigenvalue weighted by Crippen LogP contribution is -2.53. The molecule has 4 rings (SSSR count). The van der Waals surface area contributed by atoms with Crippen LogP contribution in [0, 0.1) is 11.2 Å². The van der Waals surface area contributed by atoms with Gasteiger partial charge in [-0.1, -0.05) is 32.9 Å². The van der Waals surface area contributed by atoms with Gasteiger partial charge in [-0.3, -0.25) is 10.2 Å². The largest absolute Gasteiger partial charge is 0.335 e. The van der Waals surface area contributed by atoms with Crippen molar-refractivity contribution in [2.24, 2.45) is 5.41 Å².